The van der Waals surface area contributed by atoms with E-state index in [2.05, 4.69) is 0 Å². The summed E-state index contributed by atoms with van der Waals surface area (Å²) in [5.41, 5.74) is 1.68. The fourth-order valence-electron chi connectivity index (χ4n) is 1.79. The van der Waals surface area contributed by atoms with Crippen LogP contribution in [0.1, 0.15) is 34.1 Å². The number of ketones is 3. The molecular formula is C16H14O3S. The first kappa shape index (κ1) is 14.3. The zero-order chi connectivity index (χ0) is 14.5. The Kier molecular flexibility index (Phi) is 4.58. The molecule has 0 bridgehead atoms. The molecule has 102 valence electrons. The van der Waals surface area contributed by atoms with Gasteiger partial charge >= 0.3 is 0 Å². The van der Waals surface area contributed by atoms with Crippen LogP contribution in [0.5, 0.6) is 0 Å². The molecule has 0 aliphatic carbocycles. The number of benzene rings is 1. The minimum Gasteiger partial charge on any atom is -0.294 e. The molecular weight excluding hydrogens is 272 g/mol. The molecule has 0 radical (unpaired) electrons. The Morgan fingerprint density at radius 1 is 1.10 bits per heavy atom. The van der Waals surface area contributed by atoms with Crippen molar-refractivity contribution in [3.05, 3.63) is 57.8 Å². The fourth-order valence-corrected chi connectivity index (χ4v) is 2.71. The smallest absolute Gasteiger partial charge is 0.205 e. The van der Waals surface area contributed by atoms with Gasteiger partial charge in [0.05, 0.1) is 6.42 Å². The van der Waals surface area contributed by atoms with Crippen molar-refractivity contribution in [3.63, 3.8) is 0 Å². The third-order valence-corrected chi connectivity index (χ3v) is 3.85. The molecule has 0 amide bonds. The van der Waals surface area contributed by atoms with E-state index in [0.29, 0.717) is 5.56 Å². The maximum Gasteiger partial charge on any atom is 0.205 e. The van der Waals surface area contributed by atoms with Gasteiger partial charge in [-0.05, 0) is 11.6 Å². The first-order valence-corrected chi connectivity index (χ1v) is 7.12. The van der Waals surface area contributed by atoms with Gasteiger partial charge in [0.15, 0.2) is 11.6 Å². The van der Waals surface area contributed by atoms with Gasteiger partial charge in [0.2, 0.25) is 5.78 Å². The van der Waals surface area contributed by atoms with Gasteiger partial charge in [-0.15, -0.1) is 11.3 Å². The molecule has 2 rings (SSSR count). The molecule has 1 aromatic carbocycles. The Labute approximate surface area is 121 Å². The number of thiophene rings is 1. The highest BCUT2D eigenvalue weighted by molar-refractivity contribution is 7.10. The van der Waals surface area contributed by atoms with E-state index in [4.69, 9.17) is 0 Å². The van der Waals surface area contributed by atoms with Crippen LogP contribution in [0.2, 0.25) is 0 Å². The summed E-state index contributed by atoms with van der Waals surface area (Å²) in [5, 5.41) is 1.74. The second-order valence-corrected chi connectivity index (χ2v) is 5.54. The number of hydrogen-bond donors (Lipinski definition) is 0. The molecule has 0 spiro atoms. The van der Waals surface area contributed by atoms with E-state index in [1.54, 1.807) is 11.4 Å². The molecule has 4 heteroatoms. The lowest BCUT2D eigenvalue weighted by Gasteiger charge is -1.97. The van der Waals surface area contributed by atoms with Crippen molar-refractivity contribution in [2.75, 3.05) is 0 Å². The van der Waals surface area contributed by atoms with Crippen molar-refractivity contribution < 1.29 is 14.4 Å². The third-order valence-electron chi connectivity index (χ3n) is 2.91. The molecule has 1 aromatic heterocycles. The van der Waals surface area contributed by atoms with Gasteiger partial charge < -0.3 is 0 Å². The van der Waals surface area contributed by atoms with Crippen LogP contribution < -0.4 is 0 Å². The molecule has 0 unspecified atom stereocenters. The summed E-state index contributed by atoms with van der Waals surface area (Å²) in [6, 6.07) is 11.8. The Morgan fingerprint density at radius 2 is 1.80 bits per heavy atom. The highest BCUT2D eigenvalue weighted by Gasteiger charge is 2.16. The lowest BCUT2D eigenvalue weighted by Crippen LogP contribution is -2.14. The van der Waals surface area contributed by atoms with E-state index >= 15 is 0 Å². The average Bonchev–Trinajstić information content (AvgIpc) is 2.88. The van der Waals surface area contributed by atoms with E-state index in [0.717, 1.165) is 11.3 Å². The van der Waals surface area contributed by atoms with Gasteiger partial charge in [0.25, 0.3) is 0 Å². The van der Waals surface area contributed by atoms with Crippen LogP contribution in [0.25, 0.3) is 0 Å². The van der Waals surface area contributed by atoms with E-state index in [1.807, 2.05) is 30.3 Å². The standard InChI is InChI=1S/C16H14O3S/c1-11(17)15(18)9-16(19)13-8-14(20-10-13)7-12-5-3-2-4-6-12/h2-6,8,10H,7,9H2,1H3. The maximum atomic E-state index is 11.9. The summed E-state index contributed by atoms with van der Waals surface area (Å²) < 4.78 is 0. The molecule has 2 aromatic rings. The third kappa shape index (κ3) is 3.71. The minimum absolute atomic E-state index is 0.291. The minimum atomic E-state index is -0.634. The molecule has 1 heterocycles. The SMILES string of the molecule is CC(=O)C(=O)CC(=O)c1csc(Cc2ccccc2)c1. The Morgan fingerprint density at radius 3 is 2.45 bits per heavy atom. The lowest BCUT2D eigenvalue weighted by atomic mass is 10.1. The van der Waals surface area contributed by atoms with Crippen LogP contribution in [-0.2, 0) is 16.0 Å². The number of carbonyl (C=O) groups is 3. The van der Waals surface area contributed by atoms with Crippen molar-refractivity contribution in [2.45, 2.75) is 19.8 Å². The van der Waals surface area contributed by atoms with Gasteiger partial charge in [0.1, 0.15) is 0 Å². The molecule has 0 atom stereocenters. The summed E-state index contributed by atoms with van der Waals surface area (Å²) in [5.74, 6) is -1.50. The van der Waals surface area contributed by atoms with Crippen LogP contribution >= 0.6 is 11.3 Å². The second-order valence-electron chi connectivity index (χ2n) is 4.54. The molecule has 0 fully saturated rings. The highest BCUT2D eigenvalue weighted by atomic mass is 32.1. The van der Waals surface area contributed by atoms with E-state index < -0.39 is 11.6 Å². The van der Waals surface area contributed by atoms with E-state index in [1.165, 1.54) is 23.8 Å². The summed E-state index contributed by atoms with van der Waals surface area (Å²) in [4.78, 5) is 35.0. The first-order chi connectivity index (χ1) is 9.56. The summed E-state index contributed by atoms with van der Waals surface area (Å²) >= 11 is 1.49. The van der Waals surface area contributed by atoms with Crippen molar-refractivity contribution in [1.29, 1.82) is 0 Å². The molecule has 0 N–H and O–H groups in total. The zero-order valence-corrected chi connectivity index (χ0v) is 11.9. The molecule has 0 saturated heterocycles. The van der Waals surface area contributed by atoms with Gasteiger partial charge in [0, 0.05) is 29.2 Å². The Hall–Kier alpha value is -2.07. The molecule has 0 saturated carbocycles. The first-order valence-electron chi connectivity index (χ1n) is 6.24. The number of hydrogen-bond acceptors (Lipinski definition) is 4. The fraction of sp³-hybridized carbons (Fsp3) is 0.188. The Bertz CT molecular complexity index is 641. The lowest BCUT2D eigenvalue weighted by molar-refractivity contribution is -0.134. The second kappa shape index (κ2) is 6.39. The van der Waals surface area contributed by atoms with E-state index in [-0.39, 0.29) is 12.2 Å². The van der Waals surface area contributed by atoms with Gasteiger partial charge in [-0.1, -0.05) is 30.3 Å². The molecule has 0 aliphatic rings. The van der Waals surface area contributed by atoms with Crippen molar-refractivity contribution in [3.8, 4) is 0 Å². The number of rotatable bonds is 6. The summed E-state index contributed by atoms with van der Waals surface area (Å²) in [6.07, 6.45) is 0.427. The number of Topliss-reactive ketones (excluding diaryl/α,β-unsaturated/α-hetero) is 3. The van der Waals surface area contributed by atoms with Gasteiger partial charge in [-0.25, -0.2) is 0 Å². The van der Waals surface area contributed by atoms with Crippen molar-refractivity contribution >= 4 is 28.7 Å². The highest BCUT2D eigenvalue weighted by Crippen LogP contribution is 2.19. The van der Waals surface area contributed by atoms with Crippen molar-refractivity contribution in [2.24, 2.45) is 0 Å². The summed E-state index contributed by atoms with van der Waals surface area (Å²) in [6.45, 7) is 1.18. The van der Waals surface area contributed by atoms with Gasteiger partial charge in [-0.2, -0.15) is 0 Å². The van der Waals surface area contributed by atoms with Gasteiger partial charge in [-0.3, -0.25) is 14.4 Å². The quantitative estimate of drug-likeness (QED) is 0.466. The average molecular weight is 286 g/mol. The Balaban J connectivity index is 2.04. The number of carbonyl (C=O) groups excluding carboxylic acids is 3. The largest absolute Gasteiger partial charge is 0.294 e. The zero-order valence-electron chi connectivity index (χ0n) is 11.1. The predicted molar refractivity (Wildman–Crippen MR) is 78.2 cm³/mol. The maximum absolute atomic E-state index is 11.9. The topological polar surface area (TPSA) is 51.2 Å². The monoisotopic (exact) mass is 286 g/mol. The van der Waals surface area contributed by atoms with Crippen LogP contribution in [0, 0.1) is 0 Å². The summed E-state index contributed by atoms with van der Waals surface area (Å²) in [7, 11) is 0. The van der Waals surface area contributed by atoms with Crippen molar-refractivity contribution in [1.82, 2.24) is 0 Å². The van der Waals surface area contributed by atoms with Crippen LogP contribution in [0.3, 0.4) is 0 Å². The predicted octanol–water partition coefficient (Wildman–Crippen LogP) is 3.07. The molecule has 0 aliphatic heterocycles. The molecule has 3 nitrogen and oxygen atoms in total. The molecule has 20 heavy (non-hydrogen) atoms. The van der Waals surface area contributed by atoms with E-state index in [9.17, 15) is 14.4 Å². The van der Waals surface area contributed by atoms with Crippen LogP contribution in [-0.4, -0.2) is 17.3 Å². The normalized spacial score (nSPS) is 10.2. The van der Waals surface area contributed by atoms with Crippen LogP contribution in [0.15, 0.2) is 41.8 Å². The van der Waals surface area contributed by atoms with Crippen LogP contribution in [0.4, 0.5) is 0 Å².